The molecule has 6 nitrogen and oxygen atoms in total. The number of hydrogen-bond acceptors (Lipinski definition) is 4. The highest BCUT2D eigenvalue weighted by atomic mass is 16.5. The second-order valence-corrected chi connectivity index (χ2v) is 7.47. The quantitative estimate of drug-likeness (QED) is 0.857. The van der Waals surface area contributed by atoms with Crippen LogP contribution in [0.5, 0.6) is 5.75 Å². The van der Waals surface area contributed by atoms with Crippen molar-refractivity contribution in [2.75, 3.05) is 13.2 Å². The molecular formula is C19H26N4O2. The van der Waals surface area contributed by atoms with Crippen LogP contribution in [0.1, 0.15) is 55.7 Å². The van der Waals surface area contributed by atoms with Gasteiger partial charge in [-0.15, -0.1) is 5.10 Å². The van der Waals surface area contributed by atoms with Gasteiger partial charge >= 0.3 is 0 Å². The third-order valence-corrected chi connectivity index (χ3v) is 4.35. The molecule has 0 spiro atoms. The summed E-state index contributed by atoms with van der Waals surface area (Å²) in [6.07, 6.45) is 3.56. The van der Waals surface area contributed by atoms with Gasteiger partial charge in [0.2, 0.25) is 0 Å². The van der Waals surface area contributed by atoms with Crippen LogP contribution in [0.25, 0.3) is 0 Å². The Kier molecular flexibility index (Phi) is 4.79. The number of ether oxygens (including phenoxy) is 1. The molecule has 0 aliphatic carbocycles. The van der Waals surface area contributed by atoms with Gasteiger partial charge in [-0.25, -0.2) is 4.68 Å². The van der Waals surface area contributed by atoms with E-state index in [1.807, 2.05) is 31.7 Å². The van der Waals surface area contributed by atoms with Gasteiger partial charge in [0.05, 0.1) is 18.3 Å². The Labute approximate surface area is 148 Å². The van der Waals surface area contributed by atoms with Crippen molar-refractivity contribution < 1.29 is 9.53 Å². The van der Waals surface area contributed by atoms with E-state index in [0.717, 1.165) is 25.2 Å². The standard InChI is InChI=1S/C19H26N4O2/c1-5-10-25-16-7-6-15-12-22(9-8-14(15)11-16)18(24)17-13-23(21-20-17)19(2,3)4/h6-7,11,13H,5,8-10,12H2,1-4H3. The predicted molar refractivity (Wildman–Crippen MR) is 95.7 cm³/mol. The average Bonchev–Trinajstić information content (AvgIpc) is 3.09. The molecule has 134 valence electrons. The van der Waals surface area contributed by atoms with Crippen molar-refractivity contribution in [3.63, 3.8) is 0 Å². The van der Waals surface area contributed by atoms with Gasteiger partial charge in [0.1, 0.15) is 5.75 Å². The van der Waals surface area contributed by atoms with Gasteiger partial charge < -0.3 is 9.64 Å². The first-order chi connectivity index (χ1) is 11.9. The number of hydrogen-bond donors (Lipinski definition) is 0. The van der Waals surface area contributed by atoms with Crippen LogP contribution >= 0.6 is 0 Å². The number of nitrogens with zero attached hydrogens (tertiary/aromatic N) is 4. The molecule has 0 fully saturated rings. The number of aromatic nitrogens is 3. The third kappa shape index (κ3) is 3.83. The Morgan fingerprint density at radius 1 is 1.28 bits per heavy atom. The van der Waals surface area contributed by atoms with Crippen LogP contribution in [0.3, 0.4) is 0 Å². The van der Waals surface area contributed by atoms with E-state index in [-0.39, 0.29) is 11.4 Å². The van der Waals surface area contributed by atoms with Crippen molar-refractivity contribution in [1.82, 2.24) is 19.9 Å². The molecule has 0 bridgehead atoms. The number of benzene rings is 1. The normalized spacial score (nSPS) is 14.3. The summed E-state index contributed by atoms with van der Waals surface area (Å²) < 4.78 is 7.43. The molecule has 0 atom stereocenters. The van der Waals surface area contributed by atoms with E-state index in [1.165, 1.54) is 11.1 Å². The summed E-state index contributed by atoms with van der Waals surface area (Å²) in [6.45, 7) is 10.2. The Morgan fingerprint density at radius 2 is 2.08 bits per heavy atom. The first kappa shape index (κ1) is 17.5. The van der Waals surface area contributed by atoms with E-state index in [2.05, 4.69) is 29.4 Å². The Balaban J connectivity index is 1.72. The van der Waals surface area contributed by atoms with Crippen LogP contribution in [0, 0.1) is 0 Å². The fourth-order valence-electron chi connectivity index (χ4n) is 2.86. The van der Waals surface area contributed by atoms with Gasteiger partial charge in [0, 0.05) is 13.1 Å². The zero-order valence-corrected chi connectivity index (χ0v) is 15.5. The molecule has 0 N–H and O–H groups in total. The van der Waals surface area contributed by atoms with Crippen molar-refractivity contribution in [3.05, 3.63) is 41.2 Å². The van der Waals surface area contributed by atoms with Gasteiger partial charge in [0.15, 0.2) is 5.69 Å². The molecule has 2 heterocycles. The van der Waals surface area contributed by atoms with Gasteiger partial charge in [-0.2, -0.15) is 0 Å². The van der Waals surface area contributed by atoms with E-state index >= 15 is 0 Å². The smallest absolute Gasteiger partial charge is 0.276 e. The third-order valence-electron chi connectivity index (χ3n) is 4.35. The van der Waals surface area contributed by atoms with Crippen LogP contribution in [0.2, 0.25) is 0 Å². The highest BCUT2D eigenvalue weighted by Gasteiger charge is 2.25. The molecule has 1 aromatic carbocycles. The summed E-state index contributed by atoms with van der Waals surface area (Å²) in [5.41, 5.74) is 2.65. The van der Waals surface area contributed by atoms with E-state index in [4.69, 9.17) is 4.74 Å². The maximum atomic E-state index is 12.7. The lowest BCUT2D eigenvalue weighted by Gasteiger charge is -2.28. The second-order valence-electron chi connectivity index (χ2n) is 7.47. The van der Waals surface area contributed by atoms with Gasteiger partial charge in [-0.3, -0.25) is 4.79 Å². The minimum absolute atomic E-state index is 0.0625. The van der Waals surface area contributed by atoms with Crippen molar-refractivity contribution in [1.29, 1.82) is 0 Å². The first-order valence-corrected chi connectivity index (χ1v) is 8.85. The number of amides is 1. The molecule has 3 rings (SSSR count). The van der Waals surface area contributed by atoms with Crippen LogP contribution in [0.4, 0.5) is 0 Å². The highest BCUT2D eigenvalue weighted by Crippen LogP contribution is 2.25. The number of fused-ring (bicyclic) bond motifs is 1. The van der Waals surface area contributed by atoms with Crippen molar-refractivity contribution in [2.24, 2.45) is 0 Å². The fourth-order valence-corrected chi connectivity index (χ4v) is 2.86. The Bertz CT molecular complexity index is 761. The monoisotopic (exact) mass is 342 g/mol. The molecule has 0 saturated heterocycles. The van der Waals surface area contributed by atoms with Crippen LogP contribution < -0.4 is 4.74 Å². The topological polar surface area (TPSA) is 60.2 Å². The first-order valence-electron chi connectivity index (χ1n) is 8.85. The molecule has 1 aliphatic heterocycles. The molecule has 0 unspecified atom stereocenters. The predicted octanol–water partition coefficient (Wildman–Crippen LogP) is 3.02. The summed E-state index contributed by atoms with van der Waals surface area (Å²) in [7, 11) is 0. The summed E-state index contributed by atoms with van der Waals surface area (Å²) in [5, 5.41) is 8.15. The minimum Gasteiger partial charge on any atom is -0.494 e. The summed E-state index contributed by atoms with van der Waals surface area (Å²) in [6, 6.07) is 6.15. The van der Waals surface area contributed by atoms with Crippen LogP contribution in [0.15, 0.2) is 24.4 Å². The van der Waals surface area contributed by atoms with E-state index in [0.29, 0.717) is 18.8 Å². The Morgan fingerprint density at radius 3 is 2.76 bits per heavy atom. The maximum absolute atomic E-state index is 12.7. The van der Waals surface area contributed by atoms with Gasteiger partial charge in [0.25, 0.3) is 5.91 Å². The molecule has 0 radical (unpaired) electrons. The van der Waals surface area contributed by atoms with Crippen LogP contribution in [-0.2, 0) is 18.5 Å². The van der Waals surface area contributed by atoms with Crippen molar-refractivity contribution in [2.45, 2.75) is 52.6 Å². The lowest BCUT2D eigenvalue weighted by molar-refractivity contribution is 0.0728. The fraction of sp³-hybridized carbons (Fsp3) is 0.526. The average molecular weight is 342 g/mol. The summed E-state index contributed by atoms with van der Waals surface area (Å²) >= 11 is 0. The number of carbonyl (C=O) groups is 1. The lowest BCUT2D eigenvalue weighted by atomic mass is 9.99. The molecular weight excluding hydrogens is 316 g/mol. The van der Waals surface area contributed by atoms with E-state index in [9.17, 15) is 4.79 Å². The number of rotatable bonds is 4. The molecule has 1 amide bonds. The number of carbonyl (C=O) groups excluding carboxylic acids is 1. The van der Waals surface area contributed by atoms with E-state index in [1.54, 1.807) is 10.9 Å². The van der Waals surface area contributed by atoms with E-state index < -0.39 is 0 Å². The second kappa shape index (κ2) is 6.86. The molecule has 1 aliphatic rings. The zero-order chi connectivity index (χ0) is 18.0. The zero-order valence-electron chi connectivity index (χ0n) is 15.5. The molecule has 0 saturated carbocycles. The van der Waals surface area contributed by atoms with Crippen LogP contribution in [-0.4, -0.2) is 39.0 Å². The SMILES string of the molecule is CCCOc1ccc2c(c1)CCN(C(=O)c1cn(C(C)(C)C)nn1)C2. The summed E-state index contributed by atoms with van der Waals surface area (Å²) in [5.74, 6) is 0.848. The molecule has 6 heteroatoms. The lowest BCUT2D eigenvalue weighted by Crippen LogP contribution is -2.36. The van der Waals surface area contributed by atoms with Crippen molar-refractivity contribution >= 4 is 5.91 Å². The maximum Gasteiger partial charge on any atom is 0.276 e. The van der Waals surface area contributed by atoms with Gasteiger partial charge in [-0.1, -0.05) is 18.2 Å². The molecule has 1 aromatic heterocycles. The minimum atomic E-state index is -0.186. The Hall–Kier alpha value is -2.37. The highest BCUT2D eigenvalue weighted by molar-refractivity contribution is 5.92. The molecule has 25 heavy (non-hydrogen) atoms. The van der Waals surface area contributed by atoms with Gasteiger partial charge in [-0.05, 0) is 56.9 Å². The summed E-state index contributed by atoms with van der Waals surface area (Å²) in [4.78, 5) is 14.6. The largest absolute Gasteiger partial charge is 0.494 e. The van der Waals surface area contributed by atoms with Crippen molar-refractivity contribution in [3.8, 4) is 5.75 Å². The molecule has 2 aromatic rings.